The molecule has 0 aliphatic carbocycles. The molecule has 2 aromatic carbocycles. The summed E-state index contributed by atoms with van der Waals surface area (Å²) in [6, 6.07) is 14.8. The van der Waals surface area contributed by atoms with Crippen LogP contribution in [0.5, 0.6) is 0 Å². The van der Waals surface area contributed by atoms with Crippen LogP contribution in [-0.4, -0.2) is 40.8 Å². The van der Waals surface area contributed by atoms with Gasteiger partial charge in [0.25, 0.3) is 5.91 Å². The largest absolute Gasteiger partial charge is 0.291 e. The number of halogens is 1. The van der Waals surface area contributed by atoms with Crippen LogP contribution >= 0.6 is 22.9 Å². The van der Waals surface area contributed by atoms with Crippen LogP contribution in [0, 0.1) is 0 Å². The zero-order valence-corrected chi connectivity index (χ0v) is 17.3. The molecule has 2 aliphatic heterocycles. The summed E-state index contributed by atoms with van der Waals surface area (Å²) in [5, 5.41) is 1.60. The number of nitrogens with zero attached hydrogens (tertiary/aromatic N) is 3. The summed E-state index contributed by atoms with van der Waals surface area (Å²) in [6.07, 6.45) is 2.11. The molecule has 2 fully saturated rings. The number of amides is 2. The maximum absolute atomic E-state index is 13.0. The molecule has 2 amide bonds. The Kier molecular flexibility index (Phi) is 4.86. The molecule has 0 bridgehead atoms. The third-order valence-electron chi connectivity index (χ3n) is 5.85. The zero-order valence-electron chi connectivity index (χ0n) is 15.8. The minimum Gasteiger partial charge on any atom is -0.291 e. The number of aromatic nitrogens is 1. The summed E-state index contributed by atoms with van der Waals surface area (Å²) < 4.78 is 1.22. The molecule has 2 saturated heterocycles. The van der Waals surface area contributed by atoms with Gasteiger partial charge in [-0.05, 0) is 50.2 Å². The number of piperidine rings is 1. The highest BCUT2D eigenvalue weighted by Crippen LogP contribution is 2.36. The van der Waals surface area contributed by atoms with Crippen molar-refractivity contribution >= 4 is 50.7 Å². The van der Waals surface area contributed by atoms with Crippen molar-refractivity contribution in [3.05, 3.63) is 58.6 Å². The average molecular weight is 426 g/mol. The maximum Gasteiger partial charge on any atom is 0.251 e. The fraction of sp³-hybridized carbons (Fsp3) is 0.318. The quantitative estimate of drug-likeness (QED) is 0.581. The number of carbonyl (C=O) groups is 2. The van der Waals surface area contributed by atoms with E-state index in [2.05, 4.69) is 17.0 Å². The summed E-state index contributed by atoms with van der Waals surface area (Å²) in [5.74, 6) is 0.0680. The predicted molar refractivity (Wildman–Crippen MR) is 116 cm³/mol. The molecule has 0 unspecified atom stereocenters. The van der Waals surface area contributed by atoms with Crippen LogP contribution in [0.15, 0.2) is 48.5 Å². The van der Waals surface area contributed by atoms with Gasteiger partial charge >= 0.3 is 0 Å². The second-order valence-electron chi connectivity index (χ2n) is 7.57. The Morgan fingerprint density at radius 3 is 2.48 bits per heavy atom. The Labute approximate surface area is 177 Å². The van der Waals surface area contributed by atoms with Crippen LogP contribution in [-0.2, 0) is 9.59 Å². The molecule has 148 valence electrons. The molecule has 3 heterocycles. The minimum absolute atomic E-state index is 0.165. The fourth-order valence-corrected chi connectivity index (χ4v) is 5.67. The van der Waals surface area contributed by atoms with Gasteiger partial charge in [0.15, 0.2) is 0 Å². The third-order valence-corrected chi connectivity index (χ3v) is 7.36. The van der Waals surface area contributed by atoms with Gasteiger partial charge in [-0.3, -0.25) is 14.5 Å². The van der Waals surface area contributed by atoms with E-state index in [1.165, 1.54) is 14.6 Å². The van der Waals surface area contributed by atoms with E-state index in [4.69, 9.17) is 16.6 Å². The van der Waals surface area contributed by atoms with E-state index in [1.54, 1.807) is 35.6 Å². The normalized spacial score (nSPS) is 21.4. The second-order valence-corrected chi connectivity index (χ2v) is 9.04. The Morgan fingerprint density at radius 1 is 1.00 bits per heavy atom. The van der Waals surface area contributed by atoms with Crippen molar-refractivity contribution in [3.63, 3.8) is 0 Å². The lowest BCUT2D eigenvalue weighted by Gasteiger charge is -2.34. The summed E-state index contributed by atoms with van der Waals surface area (Å²) in [7, 11) is 0. The lowest BCUT2D eigenvalue weighted by atomic mass is 9.96. The summed E-state index contributed by atoms with van der Waals surface area (Å²) in [5.41, 5.74) is 1.54. The van der Waals surface area contributed by atoms with Gasteiger partial charge in [0, 0.05) is 5.92 Å². The van der Waals surface area contributed by atoms with Gasteiger partial charge in [0.05, 0.1) is 38.4 Å². The molecule has 1 aromatic heterocycles. The highest BCUT2D eigenvalue weighted by molar-refractivity contribution is 7.18. The highest BCUT2D eigenvalue weighted by Gasteiger charge is 2.44. The van der Waals surface area contributed by atoms with Crippen LogP contribution in [0.4, 0.5) is 5.69 Å². The molecule has 0 N–H and O–H groups in total. The first-order valence-corrected chi connectivity index (χ1v) is 11.0. The van der Waals surface area contributed by atoms with Crippen molar-refractivity contribution < 1.29 is 9.59 Å². The first kappa shape index (κ1) is 18.7. The van der Waals surface area contributed by atoms with Gasteiger partial charge in [0.1, 0.15) is 0 Å². The lowest BCUT2D eigenvalue weighted by Crippen LogP contribution is -2.45. The number of benzene rings is 2. The topological polar surface area (TPSA) is 53.5 Å². The number of thiazole rings is 1. The van der Waals surface area contributed by atoms with Gasteiger partial charge in [-0.1, -0.05) is 35.9 Å². The second kappa shape index (κ2) is 7.52. The van der Waals surface area contributed by atoms with Crippen molar-refractivity contribution in [1.82, 2.24) is 9.88 Å². The molecule has 2 aliphatic rings. The molecule has 0 saturated carbocycles. The summed E-state index contributed by atoms with van der Waals surface area (Å²) >= 11 is 7.99. The number of hydrogen-bond donors (Lipinski definition) is 0. The fourth-order valence-electron chi connectivity index (χ4n) is 4.31. The SMILES string of the molecule is O=C1C[C@H](N2CCC(c3nc4ccccc4s3)CC2)C(=O)N1c1ccccc1Cl. The number of hydrogen-bond acceptors (Lipinski definition) is 5. The molecule has 3 aromatic rings. The molecule has 5 rings (SSSR count). The van der Waals surface area contributed by atoms with Crippen molar-refractivity contribution in [3.8, 4) is 0 Å². The van der Waals surface area contributed by atoms with E-state index < -0.39 is 6.04 Å². The number of likely N-dealkylation sites (tertiary alicyclic amines) is 1. The average Bonchev–Trinajstić information content (AvgIpc) is 3.30. The number of fused-ring (bicyclic) bond motifs is 1. The van der Waals surface area contributed by atoms with E-state index in [0.29, 0.717) is 16.6 Å². The molecule has 0 radical (unpaired) electrons. The van der Waals surface area contributed by atoms with Crippen molar-refractivity contribution in [2.24, 2.45) is 0 Å². The maximum atomic E-state index is 13.0. The van der Waals surface area contributed by atoms with E-state index in [-0.39, 0.29) is 18.2 Å². The van der Waals surface area contributed by atoms with Crippen LogP contribution in [0.2, 0.25) is 5.02 Å². The first-order valence-electron chi connectivity index (χ1n) is 9.82. The highest BCUT2D eigenvalue weighted by atomic mass is 35.5. The minimum atomic E-state index is -0.393. The summed E-state index contributed by atoms with van der Waals surface area (Å²) in [4.78, 5) is 33.8. The van der Waals surface area contributed by atoms with E-state index in [9.17, 15) is 9.59 Å². The molecular weight excluding hydrogens is 406 g/mol. The van der Waals surface area contributed by atoms with Gasteiger partial charge in [0.2, 0.25) is 5.91 Å². The van der Waals surface area contributed by atoms with Crippen LogP contribution in [0.3, 0.4) is 0 Å². The Hall–Kier alpha value is -2.28. The van der Waals surface area contributed by atoms with E-state index in [1.807, 2.05) is 12.1 Å². The molecule has 0 spiro atoms. The number of rotatable bonds is 3. The van der Waals surface area contributed by atoms with Gasteiger partial charge in [-0.2, -0.15) is 0 Å². The predicted octanol–water partition coefficient (Wildman–Crippen LogP) is 4.46. The van der Waals surface area contributed by atoms with Crippen molar-refractivity contribution in [2.45, 2.75) is 31.2 Å². The van der Waals surface area contributed by atoms with Crippen LogP contribution < -0.4 is 4.90 Å². The molecule has 7 heteroatoms. The smallest absolute Gasteiger partial charge is 0.251 e. The monoisotopic (exact) mass is 425 g/mol. The molecule has 1 atom stereocenters. The molecule has 29 heavy (non-hydrogen) atoms. The van der Waals surface area contributed by atoms with Crippen LogP contribution in [0.25, 0.3) is 10.2 Å². The summed E-state index contributed by atoms with van der Waals surface area (Å²) in [6.45, 7) is 1.58. The van der Waals surface area contributed by atoms with E-state index >= 15 is 0 Å². The van der Waals surface area contributed by atoms with Gasteiger partial charge in [-0.25, -0.2) is 9.88 Å². The Balaban J connectivity index is 1.29. The van der Waals surface area contributed by atoms with Crippen molar-refractivity contribution in [1.29, 1.82) is 0 Å². The molecule has 5 nitrogen and oxygen atoms in total. The standard InChI is InChI=1S/C22H20ClN3O2S/c23-15-5-1-3-7-17(15)26-20(27)13-18(22(26)28)25-11-9-14(10-12-25)21-24-16-6-2-4-8-19(16)29-21/h1-8,14,18H,9-13H2/t18-/m0/s1. The van der Waals surface area contributed by atoms with Crippen molar-refractivity contribution in [2.75, 3.05) is 18.0 Å². The Morgan fingerprint density at radius 2 is 1.72 bits per heavy atom. The number of anilines is 1. The van der Waals surface area contributed by atoms with Crippen LogP contribution in [0.1, 0.15) is 30.2 Å². The number of carbonyl (C=O) groups excluding carboxylic acids is 2. The zero-order chi connectivity index (χ0) is 20.0. The third kappa shape index (κ3) is 3.35. The van der Waals surface area contributed by atoms with Gasteiger partial charge < -0.3 is 0 Å². The number of para-hydroxylation sites is 2. The molecular formula is C22H20ClN3O2S. The Bertz CT molecular complexity index is 1060. The van der Waals surface area contributed by atoms with Gasteiger partial charge in [-0.15, -0.1) is 11.3 Å². The first-order chi connectivity index (χ1) is 14.1. The lowest BCUT2D eigenvalue weighted by molar-refractivity contribution is -0.123. The van der Waals surface area contributed by atoms with E-state index in [0.717, 1.165) is 31.4 Å². The number of imide groups is 1.